The largest absolute Gasteiger partial charge is 0.444 e. The lowest BCUT2D eigenvalue weighted by Crippen LogP contribution is -2.51. The number of nitrogens with two attached hydrogens (primary N) is 2. The number of aromatic nitrogens is 2. The molecule has 8 unspecified atom stereocenters. The number of imidazole rings is 1. The van der Waals surface area contributed by atoms with E-state index in [0.717, 1.165) is 88.5 Å². The molecule has 8 atom stereocenters. The molecule has 9 heterocycles. The normalized spacial score (nSPS) is 24.8. The number of carbonyl (C=O) groups is 4. The van der Waals surface area contributed by atoms with Crippen molar-refractivity contribution in [3.63, 3.8) is 0 Å². The van der Waals surface area contributed by atoms with Crippen LogP contribution in [0.3, 0.4) is 0 Å². The maximum atomic E-state index is 14.4. The number of nitro groups is 2. The summed E-state index contributed by atoms with van der Waals surface area (Å²) >= 11 is 0. The van der Waals surface area contributed by atoms with Gasteiger partial charge in [0, 0.05) is 84.6 Å². The van der Waals surface area contributed by atoms with Crippen molar-refractivity contribution in [3.8, 4) is 0 Å². The van der Waals surface area contributed by atoms with Crippen LogP contribution in [0.4, 0.5) is 87.1 Å². The van der Waals surface area contributed by atoms with Gasteiger partial charge in [0.2, 0.25) is 11.6 Å². The van der Waals surface area contributed by atoms with E-state index in [0.29, 0.717) is 62.7 Å². The van der Waals surface area contributed by atoms with Crippen LogP contribution >= 0.6 is 0 Å². The summed E-state index contributed by atoms with van der Waals surface area (Å²) in [5.41, 5.74) is 7.59. The van der Waals surface area contributed by atoms with Crippen molar-refractivity contribution in [2.45, 2.75) is 281 Å². The second-order valence-electron chi connectivity index (χ2n) is 32.4. The molecule has 8 aliphatic heterocycles. The van der Waals surface area contributed by atoms with E-state index < -0.39 is 107 Å². The van der Waals surface area contributed by atoms with Gasteiger partial charge in [0.15, 0.2) is 46.4 Å². The summed E-state index contributed by atoms with van der Waals surface area (Å²) in [5, 5.41) is 27.0. The quantitative estimate of drug-likeness (QED) is 0.0252. The van der Waals surface area contributed by atoms with Crippen LogP contribution in [0.15, 0.2) is 53.3 Å². The van der Waals surface area contributed by atoms with Crippen LogP contribution in [0.2, 0.25) is 0 Å². The summed E-state index contributed by atoms with van der Waals surface area (Å²) < 4.78 is 143. The maximum absolute atomic E-state index is 14.4. The Hall–Kier alpha value is -9.24. The van der Waals surface area contributed by atoms with Crippen molar-refractivity contribution in [1.29, 1.82) is 0 Å². The summed E-state index contributed by atoms with van der Waals surface area (Å²) in [4.78, 5) is 91.0. The molecule has 13 rings (SSSR count). The van der Waals surface area contributed by atoms with Crippen molar-refractivity contribution in [1.82, 2.24) is 29.2 Å². The van der Waals surface area contributed by atoms with Gasteiger partial charge in [0.1, 0.15) is 27.9 Å². The van der Waals surface area contributed by atoms with Crippen LogP contribution in [-0.2, 0) is 18.9 Å². The topological polar surface area (TPSA) is 318 Å². The first-order chi connectivity index (χ1) is 49.8. The summed E-state index contributed by atoms with van der Waals surface area (Å²) in [6, 6.07) is 7.50. The average molecular weight is 1520 g/mol. The van der Waals surface area contributed by atoms with Crippen molar-refractivity contribution in [2.75, 3.05) is 16.4 Å². The zero-order chi connectivity index (χ0) is 79.0. The minimum Gasteiger partial charge on any atom is -0.444 e. The van der Waals surface area contributed by atoms with Crippen molar-refractivity contribution in [2.24, 2.45) is 5.73 Å². The Labute approximate surface area is 612 Å². The fourth-order valence-corrected chi connectivity index (χ4v) is 15.7. The van der Waals surface area contributed by atoms with E-state index in [4.69, 9.17) is 30.4 Å². The molecule has 8 fully saturated rings. The van der Waals surface area contributed by atoms with E-state index in [9.17, 15) is 83.7 Å². The van der Waals surface area contributed by atoms with E-state index in [1.54, 1.807) is 30.6 Å². The second-order valence-corrected chi connectivity index (χ2v) is 32.4. The predicted octanol–water partition coefficient (Wildman–Crippen LogP) is 15.7. The third-order valence-electron chi connectivity index (χ3n) is 19.8. The number of amides is 4. The van der Waals surface area contributed by atoms with Gasteiger partial charge in [-0.2, -0.15) is 4.39 Å². The number of halogens is 9. The van der Waals surface area contributed by atoms with Crippen molar-refractivity contribution >= 4 is 63.8 Å². The van der Waals surface area contributed by atoms with Crippen LogP contribution in [0.5, 0.6) is 0 Å². The highest BCUT2D eigenvalue weighted by Crippen LogP contribution is 2.45. The highest BCUT2D eigenvalue weighted by molar-refractivity contribution is 5.77. The molecule has 7 N–H and O–H groups in total. The van der Waals surface area contributed by atoms with Gasteiger partial charge in [-0.1, -0.05) is 0 Å². The highest BCUT2D eigenvalue weighted by Gasteiger charge is 2.50. The number of fused-ring (bicyclic) bond motifs is 9. The minimum atomic E-state index is -1.83. The second kappa shape index (κ2) is 32.3. The van der Waals surface area contributed by atoms with Gasteiger partial charge in [0.25, 0.3) is 5.69 Å². The number of hydrogen-bond donors (Lipinski definition) is 5. The van der Waals surface area contributed by atoms with Crippen LogP contribution in [0, 0.1) is 72.6 Å². The fourth-order valence-electron chi connectivity index (χ4n) is 15.7. The molecule has 0 radical (unpaired) electrons. The number of benzene rings is 4. The number of piperidine rings is 4. The molecule has 8 saturated heterocycles. The molecule has 8 aliphatic rings. The van der Waals surface area contributed by atoms with E-state index >= 15 is 0 Å². The number of nitrogens with one attached hydrogen (secondary N) is 3. The van der Waals surface area contributed by atoms with Crippen molar-refractivity contribution in [3.05, 3.63) is 132 Å². The Kier molecular flexibility index (Phi) is 24.7. The molecule has 107 heavy (non-hydrogen) atoms. The van der Waals surface area contributed by atoms with Crippen LogP contribution < -0.4 is 27.8 Å². The Morgan fingerprint density at radius 1 is 0.430 bits per heavy atom. The number of rotatable bonds is 7. The third kappa shape index (κ3) is 19.6. The molecule has 5 aromatic rings. The molecule has 4 aromatic carbocycles. The van der Waals surface area contributed by atoms with Crippen LogP contribution in [-0.4, -0.2) is 152 Å². The first-order valence-corrected chi connectivity index (χ1v) is 35.8. The lowest BCUT2D eigenvalue weighted by atomic mass is 9.97. The molecule has 588 valence electrons. The number of aromatic amines is 1. The van der Waals surface area contributed by atoms with Gasteiger partial charge in [-0.25, -0.2) is 59.1 Å². The molecular weight excluding hydrogens is 1420 g/mol. The van der Waals surface area contributed by atoms with Crippen LogP contribution in [0.25, 0.3) is 11.0 Å². The molecule has 4 amide bonds. The zero-order valence-electron chi connectivity index (χ0n) is 61.9. The summed E-state index contributed by atoms with van der Waals surface area (Å²) in [5.74, 6) is -11.3. The summed E-state index contributed by atoms with van der Waals surface area (Å²) in [6.07, 6.45) is 11.1. The fraction of sp³-hybridized carbons (Fsp3) is 0.603. The SMILES string of the molecule is CC(C)(C)OC(=O)N1C2CCC1CC(N)C2.CC(C)(C)OC(=O)N1C2CCC1CC(Nc1c(N)ccc(F)c1F)C2.CC(C)(C)OC(=O)N1C2CCC1CC(Nc1c([N+](=O)[O-])ccc(F)c1F)C2.CC(C)(C)OC(=O)N1C2CCC1CC(n1c(=O)[nH]c3ccc(F)c(F)c31)C2.O=[N+]([O-])c1ccc(F)c(F)c1F. The molecular formula is C73H95F9N12O13. The molecule has 1 aromatic heterocycles. The molecule has 0 spiro atoms. The standard InChI is InChI=1S/C19H23F2N3O3.C18H23F2N3O4.C18H25F2N3O2.C12H22N2O2.C6H2F3NO2/c1-19(2,3)27-18(26)23-10-4-5-11(23)9-12(8-10)24-16-14(22-17(24)25)7-6-13(20)15(16)21;1-18(2,3)27-17(24)22-11-4-5-12(22)9-10(8-11)21-16-14(23(25)26)7-6-13(19)15(16)20;1-18(2,3)25-17(24)23-11-4-5-12(23)9-10(8-11)22-16-14(21)7-6-13(19)15(16)20;1-12(2,3)16-11(15)14-9-4-5-10(14)7-8(13)6-9;7-3-1-2-4(10(11)12)6(9)5(3)8/h6-7,10-12H,4-5,8-9H2,1-3H3,(H,22,25);6-7,10-12,21H,4-5,8-9H2,1-3H3;6-7,10-12,22H,4-5,8-9,21H2,1-3H3;8-10H,4-7,13H2,1-3H3;1-2H. The molecule has 8 bridgehead atoms. The number of nitrogens with zero attached hydrogens (tertiary/aromatic N) is 7. The van der Waals surface area contributed by atoms with Gasteiger partial charge in [-0.05, 0) is 222 Å². The van der Waals surface area contributed by atoms with Gasteiger partial charge in [-0.15, -0.1) is 0 Å². The van der Waals surface area contributed by atoms with E-state index in [1.165, 1.54) is 16.7 Å². The first kappa shape index (κ1) is 81.8. The summed E-state index contributed by atoms with van der Waals surface area (Å²) in [7, 11) is 0. The van der Waals surface area contributed by atoms with Gasteiger partial charge < -0.3 is 65.6 Å². The lowest BCUT2D eigenvalue weighted by Gasteiger charge is -2.40. The number of H-pyrrole nitrogens is 1. The molecule has 0 saturated carbocycles. The lowest BCUT2D eigenvalue weighted by molar-refractivity contribution is -0.387. The smallest absolute Gasteiger partial charge is 0.410 e. The molecule has 0 aliphatic carbocycles. The number of hydrogen-bond acceptors (Lipinski definition) is 17. The number of ether oxygens (including phenoxy) is 4. The van der Waals surface area contributed by atoms with Gasteiger partial charge in [-0.3, -0.25) is 24.8 Å². The number of carbonyl (C=O) groups excluding carboxylic acids is 4. The number of nitro benzene ring substituents is 2. The number of nitrogen functional groups attached to an aromatic ring is 1. The van der Waals surface area contributed by atoms with Gasteiger partial charge in [0.05, 0.1) is 26.7 Å². The Balaban J connectivity index is 0.000000159. The zero-order valence-corrected chi connectivity index (χ0v) is 61.9. The highest BCUT2D eigenvalue weighted by atomic mass is 19.2. The minimum absolute atomic E-state index is 0.00937. The Bertz CT molecular complexity index is 4140. The van der Waals surface area contributed by atoms with E-state index in [1.807, 2.05) is 72.1 Å². The van der Waals surface area contributed by atoms with Crippen LogP contribution in [0.1, 0.15) is 192 Å². The Morgan fingerprint density at radius 2 is 0.738 bits per heavy atom. The summed E-state index contributed by atoms with van der Waals surface area (Å²) in [6.45, 7) is 22.1. The maximum Gasteiger partial charge on any atom is 0.410 e. The average Bonchev–Trinajstić information content (AvgIpc) is 1.61. The third-order valence-corrected chi connectivity index (χ3v) is 19.8. The van der Waals surface area contributed by atoms with Crippen molar-refractivity contribution < 1.29 is 87.5 Å². The Morgan fingerprint density at radius 3 is 1.11 bits per heavy atom. The molecule has 34 heteroatoms. The van der Waals surface area contributed by atoms with E-state index in [2.05, 4.69) is 15.6 Å². The van der Waals surface area contributed by atoms with E-state index in [-0.39, 0.29) is 107 Å². The number of anilines is 3. The molecule has 25 nitrogen and oxygen atoms in total. The first-order valence-electron chi connectivity index (χ1n) is 35.8. The monoisotopic (exact) mass is 1520 g/mol. The predicted molar refractivity (Wildman–Crippen MR) is 378 cm³/mol. The van der Waals surface area contributed by atoms with Gasteiger partial charge >= 0.3 is 35.8 Å².